The van der Waals surface area contributed by atoms with Gasteiger partial charge < -0.3 is 10.1 Å². The van der Waals surface area contributed by atoms with E-state index < -0.39 is 0 Å². The molecule has 1 N–H and O–H groups in total. The molecule has 2 rings (SSSR count). The summed E-state index contributed by atoms with van der Waals surface area (Å²) in [5, 5.41) is 7.53. The smallest absolute Gasteiger partial charge is 0.220 e. The topological polar surface area (TPSA) is 56.2 Å². The highest BCUT2D eigenvalue weighted by Crippen LogP contribution is 2.20. The van der Waals surface area contributed by atoms with Crippen molar-refractivity contribution in [3.05, 3.63) is 46.8 Å². The lowest BCUT2D eigenvalue weighted by Crippen LogP contribution is -2.28. The van der Waals surface area contributed by atoms with Crippen LogP contribution < -0.4 is 10.1 Å². The van der Waals surface area contributed by atoms with E-state index in [1.165, 1.54) is 5.56 Å². The first kappa shape index (κ1) is 18.0. The maximum absolute atomic E-state index is 12.3. The Bertz CT molecular complexity index is 689. The van der Waals surface area contributed by atoms with Crippen LogP contribution in [0.4, 0.5) is 0 Å². The summed E-state index contributed by atoms with van der Waals surface area (Å²) < 4.78 is 7.05. The van der Waals surface area contributed by atoms with E-state index in [4.69, 9.17) is 4.74 Å². The minimum atomic E-state index is 0.0273. The van der Waals surface area contributed by atoms with Crippen molar-refractivity contribution in [1.82, 2.24) is 15.1 Å². The largest absolute Gasteiger partial charge is 0.497 e. The third-order valence-corrected chi connectivity index (χ3v) is 4.52. The van der Waals surface area contributed by atoms with Crippen LogP contribution in [0.5, 0.6) is 5.75 Å². The molecule has 24 heavy (non-hydrogen) atoms. The molecule has 0 fully saturated rings. The second kappa shape index (κ2) is 7.99. The van der Waals surface area contributed by atoms with E-state index in [2.05, 4.69) is 17.3 Å². The van der Waals surface area contributed by atoms with Gasteiger partial charge in [-0.1, -0.05) is 19.1 Å². The molecule has 130 valence electrons. The first-order chi connectivity index (χ1) is 11.5. The molecular weight excluding hydrogens is 302 g/mol. The monoisotopic (exact) mass is 329 g/mol. The van der Waals surface area contributed by atoms with Crippen molar-refractivity contribution < 1.29 is 9.53 Å². The zero-order valence-electron chi connectivity index (χ0n) is 15.2. The molecule has 0 aliphatic rings. The van der Waals surface area contributed by atoms with Gasteiger partial charge in [-0.15, -0.1) is 0 Å². The lowest BCUT2D eigenvalue weighted by Gasteiger charge is -2.18. The molecule has 5 heteroatoms. The van der Waals surface area contributed by atoms with Gasteiger partial charge in [0.25, 0.3) is 0 Å². The van der Waals surface area contributed by atoms with Gasteiger partial charge in [-0.05, 0) is 49.9 Å². The molecule has 0 saturated carbocycles. The summed E-state index contributed by atoms with van der Waals surface area (Å²) in [4.78, 5) is 12.3. The van der Waals surface area contributed by atoms with Crippen LogP contribution in [-0.2, 0) is 18.3 Å². The lowest BCUT2D eigenvalue weighted by atomic mass is 10.0. The van der Waals surface area contributed by atoms with Crippen LogP contribution in [0.25, 0.3) is 0 Å². The Labute approximate surface area is 144 Å². The van der Waals surface area contributed by atoms with Crippen molar-refractivity contribution in [2.45, 2.75) is 46.1 Å². The van der Waals surface area contributed by atoms with Gasteiger partial charge in [-0.25, -0.2) is 0 Å². The highest BCUT2D eigenvalue weighted by atomic mass is 16.5. The third-order valence-electron chi connectivity index (χ3n) is 4.52. The molecule has 0 radical (unpaired) electrons. The van der Waals surface area contributed by atoms with Crippen molar-refractivity contribution in [2.24, 2.45) is 7.05 Å². The fraction of sp³-hybridized carbons (Fsp3) is 0.474. The molecule has 1 aromatic carbocycles. The summed E-state index contributed by atoms with van der Waals surface area (Å²) in [6, 6.07) is 7.88. The highest BCUT2D eigenvalue weighted by molar-refractivity contribution is 5.76. The Balaban J connectivity index is 1.96. The Kier molecular flexibility index (Phi) is 6.01. The standard InChI is InChI=1S/C19H27N3O2/c1-6-18(15-7-9-16(24-5)10-8-15)20-19(23)12-11-17-13(2)21-22(4)14(17)3/h7-10,18H,6,11-12H2,1-5H3,(H,20,23). The summed E-state index contributed by atoms with van der Waals surface area (Å²) in [5.74, 6) is 0.891. The number of amides is 1. The van der Waals surface area contributed by atoms with Crippen LogP contribution in [0.3, 0.4) is 0 Å². The number of benzene rings is 1. The molecule has 2 aromatic rings. The summed E-state index contributed by atoms with van der Waals surface area (Å²) >= 11 is 0. The number of hydrogen-bond acceptors (Lipinski definition) is 3. The fourth-order valence-corrected chi connectivity index (χ4v) is 2.94. The Morgan fingerprint density at radius 1 is 1.29 bits per heavy atom. The van der Waals surface area contributed by atoms with Crippen LogP contribution in [0, 0.1) is 13.8 Å². The van der Waals surface area contributed by atoms with Crippen molar-refractivity contribution in [2.75, 3.05) is 7.11 Å². The SMILES string of the molecule is CCC(NC(=O)CCc1c(C)nn(C)c1C)c1ccc(OC)cc1. The predicted molar refractivity (Wildman–Crippen MR) is 95.2 cm³/mol. The maximum atomic E-state index is 12.3. The molecule has 0 spiro atoms. The number of carbonyl (C=O) groups excluding carboxylic acids is 1. The molecule has 1 heterocycles. The van der Waals surface area contributed by atoms with E-state index in [1.54, 1.807) is 7.11 Å². The van der Waals surface area contributed by atoms with Gasteiger partial charge in [-0.2, -0.15) is 5.10 Å². The Morgan fingerprint density at radius 3 is 2.46 bits per heavy atom. The molecule has 1 atom stereocenters. The minimum Gasteiger partial charge on any atom is -0.497 e. The van der Waals surface area contributed by atoms with Gasteiger partial charge in [0.15, 0.2) is 0 Å². The fourth-order valence-electron chi connectivity index (χ4n) is 2.94. The van der Waals surface area contributed by atoms with Crippen LogP contribution in [0.1, 0.15) is 48.3 Å². The molecule has 5 nitrogen and oxygen atoms in total. The van der Waals surface area contributed by atoms with Crippen molar-refractivity contribution in [1.29, 1.82) is 0 Å². The molecule has 1 unspecified atom stereocenters. The van der Waals surface area contributed by atoms with Gasteiger partial charge in [0, 0.05) is 19.2 Å². The number of aromatic nitrogens is 2. The Morgan fingerprint density at radius 2 is 1.96 bits per heavy atom. The highest BCUT2D eigenvalue weighted by Gasteiger charge is 2.15. The number of hydrogen-bond donors (Lipinski definition) is 1. The Hall–Kier alpha value is -2.30. The van der Waals surface area contributed by atoms with E-state index in [0.29, 0.717) is 6.42 Å². The van der Waals surface area contributed by atoms with Crippen molar-refractivity contribution in [3.63, 3.8) is 0 Å². The molecule has 1 amide bonds. The summed E-state index contributed by atoms with van der Waals surface area (Å²) in [5.41, 5.74) is 4.40. The van der Waals surface area contributed by atoms with E-state index >= 15 is 0 Å². The maximum Gasteiger partial charge on any atom is 0.220 e. The number of aryl methyl sites for hydroxylation is 2. The van der Waals surface area contributed by atoms with E-state index in [-0.39, 0.29) is 11.9 Å². The molecule has 1 aromatic heterocycles. The first-order valence-electron chi connectivity index (χ1n) is 8.38. The van der Waals surface area contributed by atoms with Crippen LogP contribution in [0.15, 0.2) is 24.3 Å². The molecule has 0 aliphatic carbocycles. The van der Waals surface area contributed by atoms with Gasteiger partial charge in [0.1, 0.15) is 5.75 Å². The average Bonchev–Trinajstić information content (AvgIpc) is 2.83. The summed E-state index contributed by atoms with van der Waals surface area (Å²) in [6.45, 7) is 6.11. The molecule has 0 bridgehead atoms. The molecular formula is C19H27N3O2. The number of ether oxygens (including phenoxy) is 1. The zero-order valence-corrected chi connectivity index (χ0v) is 15.2. The van der Waals surface area contributed by atoms with E-state index in [0.717, 1.165) is 35.5 Å². The second-order valence-corrected chi connectivity index (χ2v) is 6.07. The minimum absolute atomic E-state index is 0.0273. The summed E-state index contributed by atoms with van der Waals surface area (Å²) in [6.07, 6.45) is 2.04. The van der Waals surface area contributed by atoms with Gasteiger partial charge >= 0.3 is 0 Å². The average molecular weight is 329 g/mol. The molecule has 0 saturated heterocycles. The third kappa shape index (κ3) is 4.16. The van der Waals surface area contributed by atoms with Gasteiger partial charge in [0.05, 0.1) is 18.8 Å². The number of methoxy groups -OCH3 is 1. The van der Waals surface area contributed by atoms with Crippen LogP contribution >= 0.6 is 0 Å². The van der Waals surface area contributed by atoms with Gasteiger partial charge in [0.2, 0.25) is 5.91 Å². The lowest BCUT2D eigenvalue weighted by molar-refractivity contribution is -0.121. The number of nitrogens with zero attached hydrogens (tertiary/aromatic N) is 2. The summed E-state index contributed by atoms with van der Waals surface area (Å²) in [7, 11) is 3.58. The normalized spacial score (nSPS) is 12.0. The second-order valence-electron chi connectivity index (χ2n) is 6.07. The number of carbonyl (C=O) groups is 1. The van der Waals surface area contributed by atoms with Crippen LogP contribution in [-0.4, -0.2) is 22.8 Å². The zero-order chi connectivity index (χ0) is 17.7. The number of rotatable bonds is 7. The quantitative estimate of drug-likeness (QED) is 0.848. The van der Waals surface area contributed by atoms with Crippen molar-refractivity contribution >= 4 is 5.91 Å². The van der Waals surface area contributed by atoms with E-state index in [9.17, 15) is 4.79 Å². The van der Waals surface area contributed by atoms with Crippen LogP contribution in [0.2, 0.25) is 0 Å². The van der Waals surface area contributed by atoms with E-state index in [1.807, 2.05) is 49.8 Å². The first-order valence-corrected chi connectivity index (χ1v) is 8.38. The predicted octanol–water partition coefficient (Wildman–Crippen LogP) is 3.25. The van der Waals surface area contributed by atoms with Gasteiger partial charge in [-0.3, -0.25) is 9.48 Å². The van der Waals surface area contributed by atoms with Crippen molar-refractivity contribution in [3.8, 4) is 5.75 Å². The molecule has 0 aliphatic heterocycles. The number of nitrogens with one attached hydrogen (secondary N) is 1.